The molecule has 0 N–H and O–H groups in total. The van der Waals surface area contributed by atoms with E-state index in [4.69, 9.17) is 0 Å². The minimum absolute atomic E-state index is 0.279. The Balaban J connectivity index is 2.16. The molecule has 0 aromatic heterocycles. The molecule has 0 aromatic carbocycles. The Hall–Kier alpha value is -1.04. The zero-order valence-corrected chi connectivity index (χ0v) is 9.59. The minimum Gasteiger partial charge on any atom is -0.0839 e. The fourth-order valence-electron chi connectivity index (χ4n) is 3.41. The molecule has 0 aliphatic heterocycles. The molecule has 1 unspecified atom stereocenters. The monoisotopic (exact) mass is 198 g/mol. The molecule has 15 heavy (non-hydrogen) atoms. The van der Waals surface area contributed by atoms with Gasteiger partial charge in [-0.1, -0.05) is 55.4 Å². The van der Waals surface area contributed by atoms with Gasteiger partial charge >= 0.3 is 0 Å². The highest BCUT2D eigenvalue weighted by Gasteiger charge is 2.42. The number of rotatable bonds is 0. The van der Waals surface area contributed by atoms with Crippen molar-refractivity contribution in [2.45, 2.75) is 33.1 Å². The maximum Gasteiger partial charge on any atom is 0.0114 e. The fraction of sp³-hybridized carbons (Fsp3) is 0.467. The first kappa shape index (κ1) is 9.21. The Kier molecular flexibility index (Phi) is 1.83. The molecule has 0 radical (unpaired) electrons. The van der Waals surface area contributed by atoms with Crippen LogP contribution >= 0.6 is 0 Å². The summed E-state index contributed by atoms with van der Waals surface area (Å²) in [5.41, 5.74) is 5.25. The van der Waals surface area contributed by atoms with Gasteiger partial charge in [-0.2, -0.15) is 0 Å². The van der Waals surface area contributed by atoms with Crippen molar-refractivity contribution in [1.29, 1.82) is 0 Å². The van der Waals surface area contributed by atoms with E-state index in [-0.39, 0.29) is 5.41 Å². The summed E-state index contributed by atoms with van der Waals surface area (Å²) in [5.74, 6) is 0.727. The highest BCUT2D eigenvalue weighted by molar-refractivity contribution is 5.53. The van der Waals surface area contributed by atoms with Gasteiger partial charge in [-0.15, -0.1) is 0 Å². The van der Waals surface area contributed by atoms with Crippen molar-refractivity contribution >= 4 is 0 Å². The number of fused-ring (bicyclic) bond motifs is 2. The Bertz CT molecular complexity index is 413. The molecule has 0 amide bonds. The van der Waals surface area contributed by atoms with Crippen LogP contribution in [0.1, 0.15) is 33.1 Å². The second kappa shape index (κ2) is 2.98. The van der Waals surface area contributed by atoms with E-state index in [0.29, 0.717) is 0 Å². The van der Waals surface area contributed by atoms with Crippen molar-refractivity contribution in [2.75, 3.05) is 0 Å². The lowest BCUT2D eigenvalue weighted by molar-refractivity contribution is 0.528. The third-order valence-electron chi connectivity index (χ3n) is 4.19. The largest absolute Gasteiger partial charge is 0.0839 e. The summed E-state index contributed by atoms with van der Waals surface area (Å²) in [5, 5.41) is 0. The highest BCUT2D eigenvalue weighted by Crippen LogP contribution is 2.55. The molecule has 0 fully saturated rings. The van der Waals surface area contributed by atoms with Gasteiger partial charge in [0.1, 0.15) is 0 Å². The molecule has 0 saturated carbocycles. The van der Waals surface area contributed by atoms with E-state index in [1.165, 1.54) is 19.3 Å². The van der Waals surface area contributed by atoms with Crippen molar-refractivity contribution in [3.8, 4) is 0 Å². The molecule has 0 bridgehead atoms. The van der Waals surface area contributed by atoms with Gasteiger partial charge < -0.3 is 0 Å². The molecule has 0 spiro atoms. The Morgan fingerprint density at radius 3 is 3.00 bits per heavy atom. The smallest absolute Gasteiger partial charge is 0.0114 e. The number of allylic oxidation sites excluding steroid dienone is 8. The summed E-state index contributed by atoms with van der Waals surface area (Å²) in [7, 11) is 0. The van der Waals surface area contributed by atoms with Crippen molar-refractivity contribution in [3.63, 3.8) is 0 Å². The minimum atomic E-state index is 0.279. The van der Waals surface area contributed by atoms with Crippen LogP contribution in [0.3, 0.4) is 0 Å². The summed E-state index contributed by atoms with van der Waals surface area (Å²) in [6, 6.07) is 0. The average Bonchev–Trinajstić information content (AvgIpc) is 2.51. The van der Waals surface area contributed by atoms with Crippen LogP contribution in [0.5, 0.6) is 0 Å². The number of hydrogen-bond acceptors (Lipinski definition) is 0. The molecular formula is C15H18. The van der Waals surface area contributed by atoms with Gasteiger partial charge in [0.05, 0.1) is 0 Å². The summed E-state index contributed by atoms with van der Waals surface area (Å²) < 4.78 is 0. The van der Waals surface area contributed by atoms with E-state index >= 15 is 0 Å². The van der Waals surface area contributed by atoms with Crippen molar-refractivity contribution in [1.82, 2.24) is 0 Å². The lowest BCUT2D eigenvalue weighted by Gasteiger charge is -2.27. The second-order valence-corrected chi connectivity index (χ2v) is 5.34. The van der Waals surface area contributed by atoms with Gasteiger partial charge in [0.15, 0.2) is 0 Å². The predicted molar refractivity (Wildman–Crippen MR) is 64.5 cm³/mol. The van der Waals surface area contributed by atoms with Gasteiger partial charge in [-0.3, -0.25) is 0 Å². The van der Waals surface area contributed by atoms with Gasteiger partial charge in [-0.25, -0.2) is 0 Å². The third kappa shape index (κ3) is 1.14. The van der Waals surface area contributed by atoms with Crippen LogP contribution in [0.15, 0.2) is 47.1 Å². The Morgan fingerprint density at radius 2 is 2.13 bits per heavy atom. The van der Waals surface area contributed by atoms with Crippen LogP contribution in [0.4, 0.5) is 0 Å². The summed E-state index contributed by atoms with van der Waals surface area (Å²) in [6.45, 7) is 4.76. The maximum atomic E-state index is 2.38. The van der Waals surface area contributed by atoms with E-state index in [2.05, 4.69) is 44.2 Å². The molecule has 78 valence electrons. The van der Waals surface area contributed by atoms with E-state index < -0.39 is 0 Å². The molecular weight excluding hydrogens is 180 g/mol. The standard InChI is InChI=1S/C15H18/c1-15(2)13-9-5-3-7-11(13)12-8-4-6-10-14(12)15/h3,5-6,9-11H,4,7-8H2,1-2H3. The van der Waals surface area contributed by atoms with E-state index in [1.807, 2.05) is 0 Å². The lowest BCUT2D eigenvalue weighted by atomic mass is 9.77. The Morgan fingerprint density at radius 1 is 1.27 bits per heavy atom. The molecule has 3 aliphatic rings. The molecule has 0 heterocycles. The zero-order chi connectivity index (χ0) is 10.5. The van der Waals surface area contributed by atoms with Gasteiger partial charge in [0.2, 0.25) is 0 Å². The van der Waals surface area contributed by atoms with Crippen molar-refractivity contribution in [3.05, 3.63) is 47.1 Å². The molecule has 0 aromatic rings. The van der Waals surface area contributed by atoms with Crippen molar-refractivity contribution < 1.29 is 0 Å². The zero-order valence-electron chi connectivity index (χ0n) is 9.59. The highest BCUT2D eigenvalue weighted by atomic mass is 14.5. The topological polar surface area (TPSA) is 0 Å². The van der Waals surface area contributed by atoms with Crippen LogP contribution < -0.4 is 0 Å². The van der Waals surface area contributed by atoms with Crippen LogP contribution in [0, 0.1) is 11.3 Å². The van der Waals surface area contributed by atoms with Gasteiger partial charge in [0.25, 0.3) is 0 Å². The molecule has 0 saturated heterocycles. The normalized spacial score (nSPS) is 31.3. The van der Waals surface area contributed by atoms with Crippen LogP contribution in [0.2, 0.25) is 0 Å². The molecule has 0 nitrogen and oxygen atoms in total. The quantitative estimate of drug-likeness (QED) is 0.548. The SMILES string of the molecule is CC1(C)C2=CC=CCC2C2=C1C=CCC2. The fourth-order valence-corrected chi connectivity index (χ4v) is 3.41. The Labute approximate surface area is 92.1 Å². The number of hydrogen-bond donors (Lipinski definition) is 0. The van der Waals surface area contributed by atoms with Crippen LogP contribution in [-0.2, 0) is 0 Å². The van der Waals surface area contributed by atoms with Crippen LogP contribution in [-0.4, -0.2) is 0 Å². The predicted octanol–water partition coefficient (Wildman–Crippen LogP) is 4.18. The maximum absolute atomic E-state index is 2.38. The third-order valence-corrected chi connectivity index (χ3v) is 4.19. The average molecular weight is 198 g/mol. The van der Waals surface area contributed by atoms with Gasteiger partial charge in [0, 0.05) is 11.3 Å². The second-order valence-electron chi connectivity index (χ2n) is 5.34. The molecule has 0 heteroatoms. The van der Waals surface area contributed by atoms with E-state index in [1.54, 1.807) is 16.7 Å². The summed E-state index contributed by atoms with van der Waals surface area (Å²) in [6.07, 6.45) is 15.4. The molecule has 1 atom stereocenters. The first-order valence-corrected chi connectivity index (χ1v) is 5.98. The lowest BCUT2D eigenvalue weighted by Crippen LogP contribution is -2.15. The molecule has 3 rings (SSSR count). The van der Waals surface area contributed by atoms with E-state index in [0.717, 1.165) is 5.92 Å². The first-order chi connectivity index (χ1) is 7.21. The van der Waals surface area contributed by atoms with Crippen molar-refractivity contribution in [2.24, 2.45) is 11.3 Å². The summed E-state index contributed by atoms with van der Waals surface area (Å²) in [4.78, 5) is 0. The van der Waals surface area contributed by atoms with E-state index in [9.17, 15) is 0 Å². The van der Waals surface area contributed by atoms with Gasteiger partial charge in [-0.05, 0) is 24.8 Å². The van der Waals surface area contributed by atoms with Crippen LogP contribution in [0.25, 0.3) is 0 Å². The summed E-state index contributed by atoms with van der Waals surface area (Å²) >= 11 is 0. The molecule has 3 aliphatic carbocycles. The first-order valence-electron chi connectivity index (χ1n) is 5.98.